The molecule has 1 heterocycles. The van der Waals surface area contributed by atoms with Crippen LogP contribution in [0.25, 0.3) is 0 Å². The zero-order chi connectivity index (χ0) is 15.7. The Balaban J connectivity index is 0.00000106. The van der Waals surface area contributed by atoms with E-state index in [2.05, 4.69) is 49.9 Å². The smallest absolute Gasteiger partial charge is 0.0366 e. The second-order valence-electron chi connectivity index (χ2n) is 6.42. The van der Waals surface area contributed by atoms with E-state index >= 15 is 0 Å². The molecule has 0 atom stereocenters. The highest BCUT2D eigenvalue weighted by molar-refractivity contribution is 5.47. The van der Waals surface area contributed by atoms with Crippen molar-refractivity contribution in [2.24, 2.45) is 11.8 Å². The topological polar surface area (TPSA) is 3.24 Å². The summed E-state index contributed by atoms with van der Waals surface area (Å²) in [7, 11) is 0. The minimum Gasteiger partial charge on any atom is -0.372 e. The third kappa shape index (κ3) is 6.11. The first-order valence-electron chi connectivity index (χ1n) is 9.03. The first-order valence-corrected chi connectivity index (χ1v) is 9.03. The maximum absolute atomic E-state index is 2.56. The Bertz CT molecular complexity index is 358. The molecule has 0 aromatic heterocycles. The summed E-state index contributed by atoms with van der Waals surface area (Å²) in [6.45, 7) is 13.4. The molecule has 0 saturated carbocycles. The molecule has 1 heteroatoms. The van der Waals surface area contributed by atoms with E-state index in [0.717, 1.165) is 18.3 Å². The fraction of sp³-hybridized carbons (Fsp3) is 0.700. The van der Waals surface area contributed by atoms with E-state index in [1.165, 1.54) is 50.0 Å². The summed E-state index contributed by atoms with van der Waals surface area (Å²) in [6, 6.07) is 9.15. The number of hydrogen-bond acceptors (Lipinski definition) is 1. The number of nitrogens with zero attached hydrogens (tertiary/aromatic N) is 1. The maximum atomic E-state index is 2.56. The van der Waals surface area contributed by atoms with Gasteiger partial charge in [-0.3, -0.25) is 0 Å². The van der Waals surface area contributed by atoms with Crippen LogP contribution in [0.1, 0.15) is 65.9 Å². The Kier molecular flexibility index (Phi) is 8.49. The summed E-state index contributed by atoms with van der Waals surface area (Å²) >= 11 is 0. The number of rotatable bonds is 5. The van der Waals surface area contributed by atoms with Crippen LogP contribution in [0.2, 0.25) is 0 Å². The molecule has 1 saturated heterocycles. The van der Waals surface area contributed by atoms with Gasteiger partial charge in [-0.05, 0) is 48.8 Å². The summed E-state index contributed by atoms with van der Waals surface area (Å²) < 4.78 is 0. The summed E-state index contributed by atoms with van der Waals surface area (Å²) in [4.78, 5) is 2.56. The van der Waals surface area contributed by atoms with E-state index in [-0.39, 0.29) is 0 Å². The first-order chi connectivity index (χ1) is 10.2. The predicted molar refractivity (Wildman–Crippen MR) is 96.2 cm³/mol. The van der Waals surface area contributed by atoms with Crippen LogP contribution in [-0.4, -0.2) is 13.1 Å². The molecule has 1 aromatic rings. The second-order valence-corrected chi connectivity index (χ2v) is 6.42. The van der Waals surface area contributed by atoms with Crippen LogP contribution < -0.4 is 4.90 Å². The monoisotopic (exact) mass is 289 g/mol. The van der Waals surface area contributed by atoms with E-state index < -0.39 is 0 Å². The molecule has 0 unspecified atom stereocenters. The highest BCUT2D eigenvalue weighted by Crippen LogP contribution is 2.27. The lowest BCUT2D eigenvalue weighted by Gasteiger charge is -2.34. The molecule has 0 amide bonds. The standard InChI is InChI=1S/C18H29N.C2H6/c1-4-16-7-9-18(10-8-16)19-13-11-17(12-14-19)6-5-15(2)3;1-2/h7-10,15,17H,4-6,11-14H2,1-3H3;1-2H3. The molecule has 21 heavy (non-hydrogen) atoms. The molecule has 1 aliphatic rings. The lowest BCUT2D eigenvalue weighted by molar-refractivity contribution is 0.351. The third-order valence-corrected chi connectivity index (χ3v) is 4.48. The lowest BCUT2D eigenvalue weighted by atomic mass is 9.89. The highest BCUT2D eigenvalue weighted by atomic mass is 15.1. The van der Waals surface area contributed by atoms with Crippen LogP contribution in [0.15, 0.2) is 24.3 Å². The average Bonchev–Trinajstić information content (AvgIpc) is 2.55. The maximum Gasteiger partial charge on any atom is 0.0366 e. The molecule has 0 radical (unpaired) electrons. The van der Waals surface area contributed by atoms with Gasteiger partial charge < -0.3 is 4.90 Å². The fourth-order valence-electron chi connectivity index (χ4n) is 2.99. The largest absolute Gasteiger partial charge is 0.372 e. The summed E-state index contributed by atoms with van der Waals surface area (Å²) in [5.41, 5.74) is 2.86. The van der Waals surface area contributed by atoms with Crippen molar-refractivity contribution in [3.8, 4) is 0 Å². The van der Waals surface area contributed by atoms with Crippen LogP contribution in [0.4, 0.5) is 5.69 Å². The second kappa shape index (κ2) is 9.87. The molecule has 0 aliphatic carbocycles. The number of anilines is 1. The fourth-order valence-corrected chi connectivity index (χ4v) is 2.99. The van der Waals surface area contributed by atoms with E-state index in [1.54, 1.807) is 0 Å². The number of aryl methyl sites for hydroxylation is 1. The minimum atomic E-state index is 0.861. The van der Waals surface area contributed by atoms with Gasteiger partial charge in [-0.25, -0.2) is 0 Å². The van der Waals surface area contributed by atoms with Gasteiger partial charge in [0, 0.05) is 18.8 Å². The van der Waals surface area contributed by atoms with Crippen molar-refractivity contribution in [3.05, 3.63) is 29.8 Å². The highest BCUT2D eigenvalue weighted by Gasteiger charge is 2.19. The van der Waals surface area contributed by atoms with Crippen molar-refractivity contribution in [1.29, 1.82) is 0 Å². The van der Waals surface area contributed by atoms with Crippen LogP contribution in [0.3, 0.4) is 0 Å². The quantitative estimate of drug-likeness (QED) is 0.649. The molecule has 1 aliphatic heterocycles. The van der Waals surface area contributed by atoms with Crippen molar-refractivity contribution in [2.75, 3.05) is 18.0 Å². The van der Waals surface area contributed by atoms with E-state index in [0.29, 0.717) is 0 Å². The Morgan fingerprint density at radius 2 is 1.62 bits per heavy atom. The number of piperidine rings is 1. The molecular formula is C20H35N. The molecule has 0 spiro atoms. The summed E-state index contributed by atoms with van der Waals surface area (Å²) in [6.07, 6.45) is 6.72. The Morgan fingerprint density at radius 3 is 2.10 bits per heavy atom. The van der Waals surface area contributed by atoms with E-state index in [9.17, 15) is 0 Å². The molecule has 1 fully saturated rings. The molecule has 2 rings (SSSR count). The normalized spacial score (nSPS) is 15.8. The lowest BCUT2D eigenvalue weighted by Crippen LogP contribution is -2.33. The number of benzene rings is 1. The van der Waals surface area contributed by atoms with E-state index in [4.69, 9.17) is 0 Å². The molecular weight excluding hydrogens is 254 g/mol. The van der Waals surface area contributed by atoms with Crippen LogP contribution in [-0.2, 0) is 6.42 Å². The minimum absolute atomic E-state index is 0.861. The van der Waals surface area contributed by atoms with Crippen molar-refractivity contribution < 1.29 is 0 Å². The SMILES string of the molecule is CC.CCc1ccc(N2CCC(CCC(C)C)CC2)cc1. The predicted octanol–water partition coefficient (Wildman–Crippen LogP) is 5.93. The van der Waals surface area contributed by atoms with Gasteiger partial charge >= 0.3 is 0 Å². The molecule has 1 nitrogen and oxygen atoms in total. The van der Waals surface area contributed by atoms with Gasteiger partial charge in [0.25, 0.3) is 0 Å². The van der Waals surface area contributed by atoms with Gasteiger partial charge in [-0.2, -0.15) is 0 Å². The molecule has 0 N–H and O–H groups in total. The Hall–Kier alpha value is -0.980. The first kappa shape index (κ1) is 18.1. The molecule has 120 valence electrons. The van der Waals surface area contributed by atoms with Gasteiger partial charge in [0.05, 0.1) is 0 Å². The van der Waals surface area contributed by atoms with Gasteiger partial charge in [-0.15, -0.1) is 0 Å². The van der Waals surface area contributed by atoms with E-state index in [1.807, 2.05) is 13.8 Å². The zero-order valence-electron chi connectivity index (χ0n) is 14.9. The summed E-state index contributed by atoms with van der Waals surface area (Å²) in [5, 5.41) is 0. The molecule has 1 aromatic carbocycles. The Morgan fingerprint density at radius 1 is 1.05 bits per heavy atom. The van der Waals surface area contributed by atoms with Crippen LogP contribution in [0.5, 0.6) is 0 Å². The van der Waals surface area contributed by atoms with Gasteiger partial charge in [0.15, 0.2) is 0 Å². The average molecular weight is 290 g/mol. The zero-order valence-corrected chi connectivity index (χ0v) is 14.9. The summed E-state index contributed by atoms with van der Waals surface area (Å²) in [5.74, 6) is 1.83. The van der Waals surface area contributed by atoms with Crippen LogP contribution >= 0.6 is 0 Å². The van der Waals surface area contributed by atoms with Gasteiger partial charge in [0.1, 0.15) is 0 Å². The third-order valence-electron chi connectivity index (χ3n) is 4.48. The van der Waals surface area contributed by atoms with Gasteiger partial charge in [0.2, 0.25) is 0 Å². The van der Waals surface area contributed by atoms with Crippen molar-refractivity contribution in [2.45, 2.75) is 66.7 Å². The van der Waals surface area contributed by atoms with Gasteiger partial charge in [-0.1, -0.05) is 59.6 Å². The Labute approximate surface area is 132 Å². The van der Waals surface area contributed by atoms with Crippen molar-refractivity contribution >= 4 is 5.69 Å². The van der Waals surface area contributed by atoms with Crippen molar-refractivity contribution in [1.82, 2.24) is 0 Å². The van der Waals surface area contributed by atoms with Crippen LogP contribution in [0, 0.1) is 11.8 Å². The molecule has 0 bridgehead atoms. The van der Waals surface area contributed by atoms with Crippen molar-refractivity contribution in [3.63, 3.8) is 0 Å². The number of hydrogen-bond donors (Lipinski definition) is 0.